The number of aromatic nitrogens is 3. The third kappa shape index (κ3) is 5.16. The van der Waals surface area contributed by atoms with E-state index in [1.807, 2.05) is 24.3 Å². The molecular weight excluding hydrogens is 735 g/mol. The number of fused-ring (bicyclic) bond motifs is 11. The minimum atomic E-state index is 0.577. The maximum atomic E-state index is 6.60. The van der Waals surface area contributed by atoms with Gasteiger partial charge in [-0.2, -0.15) is 0 Å². The summed E-state index contributed by atoms with van der Waals surface area (Å²) in [5.41, 5.74) is 8.24. The Balaban J connectivity index is 0.997. The molecule has 0 unspecified atom stereocenters. The van der Waals surface area contributed by atoms with Crippen molar-refractivity contribution in [1.82, 2.24) is 15.0 Å². The van der Waals surface area contributed by atoms with Crippen LogP contribution in [0.25, 0.3) is 132 Å². The minimum Gasteiger partial charge on any atom is -0.456 e. The SMILES string of the molecule is c1ccc2cc(-c3ccc4c(c3)oc3cccc(-c5nc(-c6ccc7cc8c(cc7c6)oc6ccccc68)nc(-c6ccc7c(ccc8ccccc87)c6)n5)c34)ccc2c1. The van der Waals surface area contributed by atoms with Crippen LogP contribution in [0.3, 0.4) is 0 Å². The summed E-state index contributed by atoms with van der Waals surface area (Å²) >= 11 is 0. The fraction of sp³-hybridized carbons (Fsp3) is 0. The smallest absolute Gasteiger partial charge is 0.164 e. The second-order valence-electron chi connectivity index (χ2n) is 15.6. The second-order valence-corrected chi connectivity index (χ2v) is 15.6. The first-order chi connectivity index (χ1) is 29.7. The van der Waals surface area contributed by atoms with E-state index in [0.29, 0.717) is 17.5 Å². The van der Waals surface area contributed by atoms with Gasteiger partial charge in [0.25, 0.3) is 0 Å². The summed E-state index contributed by atoms with van der Waals surface area (Å²) in [6.07, 6.45) is 0. The number of furan rings is 2. The molecule has 5 heteroatoms. The van der Waals surface area contributed by atoms with Crippen molar-refractivity contribution in [3.8, 4) is 45.3 Å². The molecule has 3 aromatic heterocycles. The Bertz CT molecular complexity index is 3910. The van der Waals surface area contributed by atoms with Gasteiger partial charge in [-0.25, -0.2) is 15.0 Å². The van der Waals surface area contributed by atoms with E-state index in [0.717, 1.165) is 87.9 Å². The van der Waals surface area contributed by atoms with Crippen LogP contribution < -0.4 is 0 Å². The molecule has 0 saturated carbocycles. The number of para-hydroxylation sites is 1. The molecule has 0 radical (unpaired) electrons. The second kappa shape index (κ2) is 12.7. The molecule has 60 heavy (non-hydrogen) atoms. The molecule has 0 amide bonds. The van der Waals surface area contributed by atoms with Crippen molar-refractivity contribution >= 4 is 87.0 Å². The van der Waals surface area contributed by atoms with Crippen molar-refractivity contribution in [3.63, 3.8) is 0 Å². The molecule has 5 nitrogen and oxygen atoms in total. The number of hydrogen-bond donors (Lipinski definition) is 0. The van der Waals surface area contributed by atoms with Crippen LogP contribution in [0, 0.1) is 0 Å². The predicted molar refractivity (Wildman–Crippen MR) is 246 cm³/mol. The zero-order valence-corrected chi connectivity index (χ0v) is 32.1. The van der Waals surface area contributed by atoms with Gasteiger partial charge in [-0.15, -0.1) is 0 Å². The fourth-order valence-electron chi connectivity index (χ4n) is 9.07. The molecular formula is C55H31N3O2. The first-order valence-electron chi connectivity index (χ1n) is 20.2. The summed E-state index contributed by atoms with van der Waals surface area (Å²) in [4.78, 5) is 15.7. The number of rotatable bonds is 4. The Morgan fingerprint density at radius 2 is 0.817 bits per heavy atom. The molecule has 0 atom stereocenters. The molecule has 0 bridgehead atoms. The van der Waals surface area contributed by atoms with Crippen LogP contribution in [0.1, 0.15) is 0 Å². The Morgan fingerprint density at radius 1 is 0.267 bits per heavy atom. The van der Waals surface area contributed by atoms with E-state index < -0.39 is 0 Å². The average Bonchev–Trinajstić information content (AvgIpc) is 3.87. The van der Waals surface area contributed by atoms with Crippen molar-refractivity contribution < 1.29 is 8.83 Å². The highest BCUT2D eigenvalue weighted by atomic mass is 16.3. The maximum Gasteiger partial charge on any atom is 0.164 e. The zero-order valence-electron chi connectivity index (χ0n) is 32.1. The van der Waals surface area contributed by atoms with E-state index in [4.69, 9.17) is 23.8 Å². The van der Waals surface area contributed by atoms with E-state index in [2.05, 4.69) is 164 Å². The minimum absolute atomic E-state index is 0.577. The Morgan fingerprint density at radius 3 is 1.72 bits per heavy atom. The summed E-state index contributed by atoms with van der Waals surface area (Å²) in [6, 6.07) is 65.9. The largest absolute Gasteiger partial charge is 0.456 e. The summed E-state index contributed by atoms with van der Waals surface area (Å²) in [6.45, 7) is 0. The Labute approximate surface area is 342 Å². The van der Waals surface area contributed by atoms with Crippen LogP contribution in [0.15, 0.2) is 197 Å². The standard InChI is InChI=1S/C55H31N3O2/c1-2-10-34-26-35(18-16-32(34)8-1)37-22-25-45-50(30-37)60-49-15-7-13-46(52(45)49)55-57-53(39-21-19-36-29-47-44-12-5-6-14-48(44)59-51(47)31-41(36)28-39)56-54(58-55)40-23-24-43-38(27-40)20-17-33-9-3-4-11-42(33)43/h1-31H. The zero-order chi connectivity index (χ0) is 39.3. The van der Waals surface area contributed by atoms with E-state index in [-0.39, 0.29) is 0 Å². The van der Waals surface area contributed by atoms with Crippen LogP contribution >= 0.6 is 0 Å². The average molecular weight is 766 g/mol. The molecule has 0 N–H and O–H groups in total. The fourth-order valence-corrected chi connectivity index (χ4v) is 9.07. The van der Waals surface area contributed by atoms with Gasteiger partial charge < -0.3 is 8.83 Å². The number of benzene rings is 10. The summed E-state index contributed by atoms with van der Waals surface area (Å²) in [5, 5.41) is 13.5. The third-order valence-electron chi connectivity index (χ3n) is 12.1. The van der Waals surface area contributed by atoms with Gasteiger partial charge in [-0.1, -0.05) is 133 Å². The normalized spacial score (nSPS) is 12.0. The number of nitrogens with zero attached hydrogens (tertiary/aromatic N) is 3. The summed E-state index contributed by atoms with van der Waals surface area (Å²) in [5.74, 6) is 1.76. The molecule has 13 rings (SSSR count). The highest BCUT2D eigenvalue weighted by Crippen LogP contribution is 2.40. The van der Waals surface area contributed by atoms with E-state index in [9.17, 15) is 0 Å². The lowest BCUT2D eigenvalue weighted by Gasteiger charge is -2.11. The van der Waals surface area contributed by atoms with Crippen LogP contribution in [0.2, 0.25) is 0 Å². The van der Waals surface area contributed by atoms with Crippen molar-refractivity contribution in [1.29, 1.82) is 0 Å². The highest BCUT2D eigenvalue weighted by molar-refractivity contribution is 6.13. The highest BCUT2D eigenvalue weighted by Gasteiger charge is 2.19. The van der Waals surface area contributed by atoms with Crippen LogP contribution in [-0.4, -0.2) is 15.0 Å². The summed E-state index contributed by atoms with van der Waals surface area (Å²) in [7, 11) is 0. The predicted octanol–water partition coefficient (Wildman–Crippen LogP) is 15.0. The monoisotopic (exact) mass is 765 g/mol. The van der Waals surface area contributed by atoms with Gasteiger partial charge in [0, 0.05) is 38.2 Å². The lowest BCUT2D eigenvalue weighted by Crippen LogP contribution is -2.00. The van der Waals surface area contributed by atoms with Crippen molar-refractivity contribution in [2.45, 2.75) is 0 Å². The topological polar surface area (TPSA) is 65.0 Å². The molecule has 0 fully saturated rings. The van der Waals surface area contributed by atoms with E-state index in [1.165, 1.54) is 26.9 Å². The lowest BCUT2D eigenvalue weighted by atomic mass is 9.99. The van der Waals surface area contributed by atoms with Gasteiger partial charge in [-0.05, 0) is 109 Å². The van der Waals surface area contributed by atoms with E-state index >= 15 is 0 Å². The molecule has 0 saturated heterocycles. The molecule has 13 aromatic rings. The van der Waals surface area contributed by atoms with Gasteiger partial charge in [-0.3, -0.25) is 0 Å². The first kappa shape index (κ1) is 32.9. The van der Waals surface area contributed by atoms with Gasteiger partial charge in [0.2, 0.25) is 0 Å². The Kier molecular flexibility index (Phi) is 6.95. The van der Waals surface area contributed by atoms with Crippen LogP contribution in [0.5, 0.6) is 0 Å². The molecule has 0 spiro atoms. The first-order valence-corrected chi connectivity index (χ1v) is 20.2. The molecule has 0 aliphatic rings. The van der Waals surface area contributed by atoms with Crippen molar-refractivity contribution in [2.24, 2.45) is 0 Å². The third-order valence-corrected chi connectivity index (χ3v) is 12.1. The van der Waals surface area contributed by atoms with Gasteiger partial charge in [0.15, 0.2) is 17.5 Å². The molecule has 3 heterocycles. The van der Waals surface area contributed by atoms with E-state index in [1.54, 1.807) is 0 Å². The van der Waals surface area contributed by atoms with Gasteiger partial charge in [0.1, 0.15) is 22.3 Å². The van der Waals surface area contributed by atoms with Gasteiger partial charge >= 0.3 is 0 Å². The quantitative estimate of drug-likeness (QED) is 0.167. The van der Waals surface area contributed by atoms with Crippen LogP contribution in [-0.2, 0) is 0 Å². The number of hydrogen-bond acceptors (Lipinski definition) is 5. The van der Waals surface area contributed by atoms with Crippen molar-refractivity contribution in [2.75, 3.05) is 0 Å². The molecule has 10 aromatic carbocycles. The molecule has 0 aliphatic heterocycles. The molecule has 0 aliphatic carbocycles. The maximum absolute atomic E-state index is 6.60. The summed E-state index contributed by atoms with van der Waals surface area (Å²) < 4.78 is 12.9. The van der Waals surface area contributed by atoms with Crippen molar-refractivity contribution in [3.05, 3.63) is 188 Å². The van der Waals surface area contributed by atoms with Crippen LogP contribution in [0.4, 0.5) is 0 Å². The lowest BCUT2D eigenvalue weighted by molar-refractivity contribution is 0.669. The Hall–Kier alpha value is -8.15. The van der Waals surface area contributed by atoms with Gasteiger partial charge in [0.05, 0.1) is 0 Å². The molecule has 278 valence electrons.